The van der Waals surface area contributed by atoms with Crippen LogP contribution in [-0.4, -0.2) is 28.0 Å². The molecule has 0 saturated heterocycles. The monoisotopic (exact) mass is 229 g/mol. The van der Waals surface area contributed by atoms with Gasteiger partial charge in [-0.2, -0.15) is 0 Å². The number of aromatic nitrogens is 1. The Morgan fingerprint density at radius 1 is 1.71 bits per heavy atom. The van der Waals surface area contributed by atoms with Gasteiger partial charge in [-0.25, -0.2) is 4.98 Å². The molecule has 0 radical (unpaired) electrons. The lowest BCUT2D eigenvalue weighted by Crippen LogP contribution is -2.27. The molecule has 0 aliphatic rings. The van der Waals surface area contributed by atoms with Gasteiger partial charge in [-0.1, -0.05) is 19.1 Å². The first kappa shape index (κ1) is 11.6. The molecule has 0 atom stereocenters. The average Bonchev–Trinajstić information content (AvgIpc) is 2.64. The summed E-state index contributed by atoms with van der Waals surface area (Å²) in [5.41, 5.74) is 5.46. The molecule has 14 heavy (non-hydrogen) atoms. The summed E-state index contributed by atoms with van der Waals surface area (Å²) >= 11 is 6.53. The van der Waals surface area contributed by atoms with E-state index in [1.165, 1.54) is 0 Å². The Balaban J connectivity index is 2.35. The molecule has 0 spiro atoms. The maximum absolute atomic E-state index is 5.46. The van der Waals surface area contributed by atoms with E-state index in [1.54, 1.807) is 11.3 Å². The minimum Gasteiger partial charge on any atom is -0.393 e. The molecule has 0 aliphatic carbocycles. The Morgan fingerprint density at radius 2 is 2.50 bits per heavy atom. The van der Waals surface area contributed by atoms with Crippen LogP contribution in [0.2, 0.25) is 0 Å². The topological polar surface area (TPSA) is 42.1 Å². The highest BCUT2D eigenvalue weighted by Crippen LogP contribution is 2.08. The third kappa shape index (κ3) is 4.13. The molecule has 0 aliphatic heterocycles. The van der Waals surface area contributed by atoms with Gasteiger partial charge in [0.25, 0.3) is 0 Å². The van der Waals surface area contributed by atoms with Crippen LogP contribution in [0.1, 0.15) is 18.4 Å². The summed E-state index contributed by atoms with van der Waals surface area (Å²) in [4.78, 5) is 7.12. The van der Waals surface area contributed by atoms with Gasteiger partial charge in [-0.15, -0.1) is 11.3 Å². The molecule has 3 nitrogen and oxygen atoms in total. The number of hydrogen-bond acceptors (Lipinski definition) is 4. The Kier molecular flexibility index (Phi) is 5.00. The summed E-state index contributed by atoms with van der Waals surface area (Å²) in [5.74, 6) is 0. The molecule has 0 unspecified atom stereocenters. The van der Waals surface area contributed by atoms with Crippen molar-refractivity contribution in [2.45, 2.75) is 19.9 Å². The predicted molar refractivity (Wildman–Crippen MR) is 64.5 cm³/mol. The van der Waals surface area contributed by atoms with Gasteiger partial charge in [0, 0.05) is 24.5 Å². The first-order valence-corrected chi connectivity index (χ1v) is 5.90. The van der Waals surface area contributed by atoms with Gasteiger partial charge < -0.3 is 5.73 Å². The van der Waals surface area contributed by atoms with E-state index in [-0.39, 0.29) is 0 Å². The zero-order chi connectivity index (χ0) is 10.4. The molecule has 0 amide bonds. The second-order valence-corrected chi connectivity index (χ2v) is 4.51. The number of rotatable bonds is 6. The Bertz CT molecular complexity index is 272. The number of nitrogens with zero attached hydrogens (tertiary/aromatic N) is 2. The van der Waals surface area contributed by atoms with Crippen LogP contribution in [0.15, 0.2) is 11.6 Å². The van der Waals surface area contributed by atoms with Gasteiger partial charge in [-0.05, 0) is 6.54 Å². The van der Waals surface area contributed by atoms with Crippen molar-refractivity contribution in [3.63, 3.8) is 0 Å². The number of thiocarbonyl (C=S) groups is 1. The summed E-state index contributed by atoms with van der Waals surface area (Å²) in [7, 11) is 0. The van der Waals surface area contributed by atoms with Crippen molar-refractivity contribution in [3.05, 3.63) is 16.6 Å². The zero-order valence-electron chi connectivity index (χ0n) is 8.27. The number of thiazole rings is 1. The van der Waals surface area contributed by atoms with Crippen molar-refractivity contribution >= 4 is 28.5 Å². The van der Waals surface area contributed by atoms with Crippen molar-refractivity contribution in [2.75, 3.05) is 13.1 Å². The van der Waals surface area contributed by atoms with E-state index in [1.807, 2.05) is 11.6 Å². The van der Waals surface area contributed by atoms with Crippen LogP contribution in [0.3, 0.4) is 0 Å². The quantitative estimate of drug-likeness (QED) is 0.753. The van der Waals surface area contributed by atoms with Gasteiger partial charge in [0.15, 0.2) is 0 Å². The Morgan fingerprint density at radius 3 is 3.00 bits per heavy atom. The fourth-order valence-electron chi connectivity index (χ4n) is 1.14. The average molecular weight is 229 g/mol. The maximum Gasteiger partial charge on any atom is 0.107 e. The zero-order valence-corrected chi connectivity index (χ0v) is 9.90. The van der Waals surface area contributed by atoms with Crippen LogP contribution in [0.5, 0.6) is 0 Å². The summed E-state index contributed by atoms with van der Waals surface area (Å²) < 4.78 is 0. The van der Waals surface area contributed by atoms with Crippen molar-refractivity contribution in [3.8, 4) is 0 Å². The fraction of sp³-hybridized carbons (Fsp3) is 0.556. The highest BCUT2D eigenvalue weighted by atomic mass is 32.1. The van der Waals surface area contributed by atoms with E-state index < -0.39 is 0 Å². The first-order valence-electron chi connectivity index (χ1n) is 4.61. The normalized spacial score (nSPS) is 10.7. The molecular formula is C9H15N3S2. The van der Waals surface area contributed by atoms with Crippen molar-refractivity contribution in [2.24, 2.45) is 5.73 Å². The van der Waals surface area contributed by atoms with E-state index in [2.05, 4.69) is 16.8 Å². The van der Waals surface area contributed by atoms with Crippen LogP contribution in [0.4, 0.5) is 0 Å². The molecule has 0 saturated carbocycles. The Labute approximate surface area is 93.9 Å². The second-order valence-electron chi connectivity index (χ2n) is 3.01. The van der Waals surface area contributed by atoms with Crippen LogP contribution in [-0.2, 0) is 6.54 Å². The Hall–Kier alpha value is -0.520. The van der Waals surface area contributed by atoms with Crippen LogP contribution in [0, 0.1) is 0 Å². The maximum atomic E-state index is 5.46. The van der Waals surface area contributed by atoms with E-state index in [4.69, 9.17) is 18.0 Å². The largest absolute Gasteiger partial charge is 0.393 e. The summed E-state index contributed by atoms with van der Waals surface area (Å²) in [6.07, 6.45) is 2.62. The minimum atomic E-state index is 0.586. The lowest BCUT2D eigenvalue weighted by atomic mass is 10.3. The molecule has 1 heterocycles. The predicted octanol–water partition coefficient (Wildman–Crippen LogP) is 1.64. The van der Waals surface area contributed by atoms with E-state index in [0.29, 0.717) is 4.99 Å². The number of hydrogen-bond donors (Lipinski definition) is 1. The summed E-state index contributed by atoms with van der Waals surface area (Å²) in [5, 5.41) is 3.14. The van der Waals surface area contributed by atoms with Crippen molar-refractivity contribution < 1.29 is 0 Å². The van der Waals surface area contributed by atoms with E-state index >= 15 is 0 Å². The van der Waals surface area contributed by atoms with Gasteiger partial charge >= 0.3 is 0 Å². The molecule has 0 fully saturated rings. The molecule has 1 aromatic rings. The molecule has 2 N–H and O–H groups in total. The van der Waals surface area contributed by atoms with Gasteiger partial charge in [0.2, 0.25) is 0 Å². The smallest absolute Gasteiger partial charge is 0.107 e. The van der Waals surface area contributed by atoms with Gasteiger partial charge in [0.1, 0.15) is 5.01 Å². The highest BCUT2D eigenvalue weighted by Gasteiger charge is 2.05. The molecule has 5 heteroatoms. The van der Waals surface area contributed by atoms with E-state index in [9.17, 15) is 0 Å². The molecule has 78 valence electrons. The van der Waals surface area contributed by atoms with E-state index in [0.717, 1.165) is 31.1 Å². The van der Waals surface area contributed by atoms with Crippen molar-refractivity contribution in [1.82, 2.24) is 9.88 Å². The van der Waals surface area contributed by atoms with Crippen LogP contribution >= 0.6 is 23.6 Å². The summed E-state index contributed by atoms with van der Waals surface area (Å²) in [6, 6.07) is 0. The van der Waals surface area contributed by atoms with Gasteiger partial charge in [0.05, 0.1) is 11.5 Å². The standard InChI is InChI=1S/C9H15N3S2/c1-2-12(5-3-8(10)13)7-9-11-4-6-14-9/h4,6H,2-3,5,7H2,1H3,(H2,10,13). The van der Waals surface area contributed by atoms with Crippen molar-refractivity contribution in [1.29, 1.82) is 0 Å². The highest BCUT2D eigenvalue weighted by molar-refractivity contribution is 7.80. The fourth-order valence-corrected chi connectivity index (χ4v) is 1.89. The second kappa shape index (κ2) is 6.06. The van der Waals surface area contributed by atoms with Gasteiger partial charge in [-0.3, -0.25) is 4.90 Å². The SMILES string of the molecule is CCN(CCC(N)=S)Cc1nccs1. The molecule has 1 rings (SSSR count). The lowest BCUT2D eigenvalue weighted by molar-refractivity contribution is 0.288. The lowest BCUT2D eigenvalue weighted by Gasteiger charge is -2.18. The summed E-state index contributed by atoms with van der Waals surface area (Å²) in [6.45, 7) is 4.96. The molecular weight excluding hydrogens is 214 g/mol. The third-order valence-electron chi connectivity index (χ3n) is 1.96. The van der Waals surface area contributed by atoms with Crippen LogP contribution in [0.25, 0.3) is 0 Å². The molecule has 1 aromatic heterocycles. The minimum absolute atomic E-state index is 0.586. The molecule has 0 bridgehead atoms. The first-order chi connectivity index (χ1) is 6.72. The van der Waals surface area contributed by atoms with Crippen LogP contribution < -0.4 is 5.73 Å². The number of nitrogens with two attached hydrogens (primary N) is 1. The third-order valence-corrected chi connectivity index (χ3v) is 2.93. The molecule has 0 aromatic carbocycles.